The number of rotatable bonds is 6. The molecule has 0 aliphatic carbocycles. The van der Waals surface area contributed by atoms with Crippen LogP contribution in [0.1, 0.15) is 26.3 Å². The Labute approximate surface area is 146 Å². The molecule has 1 unspecified atom stereocenters. The molecule has 0 saturated carbocycles. The Bertz CT molecular complexity index is 643. The van der Waals surface area contributed by atoms with E-state index < -0.39 is 5.54 Å². The Hall–Kier alpha value is -2.02. The lowest BCUT2D eigenvalue weighted by atomic mass is 10.1. The third kappa shape index (κ3) is 4.29. The molecule has 1 aromatic rings. The summed E-state index contributed by atoms with van der Waals surface area (Å²) in [5.74, 6) is 0.184. The maximum absolute atomic E-state index is 12.2. The summed E-state index contributed by atoms with van der Waals surface area (Å²) in [5.41, 5.74) is 1.04. The van der Waals surface area contributed by atoms with Crippen LogP contribution in [0.3, 0.4) is 0 Å². The van der Waals surface area contributed by atoms with E-state index in [2.05, 4.69) is 10.6 Å². The molecule has 0 aromatic heterocycles. The molecule has 1 aliphatic heterocycles. The molecule has 1 aromatic carbocycles. The summed E-state index contributed by atoms with van der Waals surface area (Å²) in [6.45, 7) is 7.45. The molecule has 1 fully saturated rings. The summed E-state index contributed by atoms with van der Waals surface area (Å²) >= 11 is 1.41. The van der Waals surface area contributed by atoms with Gasteiger partial charge in [-0.1, -0.05) is 17.7 Å². The molecule has 2 rings (SSSR count). The van der Waals surface area contributed by atoms with Gasteiger partial charge in [-0.3, -0.25) is 14.5 Å². The van der Waals surface area contributed by atoms with Crippen LogP contribution in [-0.4, -0.2) is 45.8 Å². The number of thioether (sulfide) groups is 1. The molecule has 6 nitrogen and oxygen atoms in total. The largest absolute Gasteiger partial charge is 0.325 e. The minimum Gasteiger partial charge on any atom is -0.325 e. The molecule has 0 radical (unpaired) electrons. The van der Waals surface area contributed by atoms with E-state index in [1.165, 1.54) is 16.7 Å². The van der Waals surface area contributed by atoms with Crippen molar-refractivity contribution in [2.24, 2.45) is 0 Å². The molecule has 4 amide bonds. The van der Waals surface area contributed by atoms with Gasteiger partial charge in [-0.15, -0.1) is 11.8 Å². The van der Waals surface area contributed by atoms with E-state index in [0.717, 1.165) is 11.3 Å². The first-order valence-electron chi connectivity index (χ1n) is 7.84. The molecule has 0 spiro atoms. The van der Waals surface area contributed by atoms with E-state index in [1.807, 2.05) is 38.1 Å². The topological polar surface area (TPSA) is 78.5 Å². The van der Waals surface area contributed by atoms with Gasteiger partial charge in [0, 0.05) is 18.0 Å². The highest BCUT2D eigenvalue weighted by atomic mass is 32.2. The summed E-state index contributed by atoms with van der Waals surface area (Å²) in [5, 5.41) is 5.22. The fourth-order valence-corrected chi connectivity index (χ4v) is 3.15. The first-order valence-corrected chi connectivity index (χ1v) is 8.89. The molecule has 130 valence electrons. The summed E-state index contributed by atoms with van der Waals surface area (Å²) < 4.78 is 0. The molecule has 7 heteroatoms. The van der Waals surface area contributed by atoms with Gasteiger partial charge in [-0.2, -0.15) is 0 Å². The molecular weight excluding hydrogens is 326 g/mol. The second kappa shape index (κ2) is 7.25. The van der Waals surface area contributed by atoms with Gasteiger partial charge >= 0.3 is 6.03 Å². The van der Waals surface area contributed by atoms with Crippen LogP contribution < -0.4 is 10.6 Å². The van der Waals surface area contributed by atoms with E-state index >= 15 is 0 Å². The van der Waals surface area contributed by atoms with Crippen molar-refractivity contribution in [1.29, 1.82) is 0 Å². The first kappa shape index (κ1) is 18.3. The predicted molar refractivity (Wildman–Crippen MR) is 96.1 cm³/mol. The lowest BCUT2D eigenvalue weighted by Crippen LogP contribution is -2.40. The van der Waals surface area contributed by atoms with Crippen molar-refractivity contribution in [3.8, 4) is 0 Å². The van der Waals surface area contributed by atoms with E-state index in [-0.39, 0.29) is 23.1 Å². The van der Waals surface area contributed by atoms with Gasteiger partial charge in [0.15, 0.2) is 0 Å². The van der Waals surface area contributed by atoms with Gasteiger partial charge in [-0.05, 0) is 39.8 Å². The van der Waals surface area contributed by atoms with Crippen LogP contribution in [0.15, 0.2) is 24.3 Å². The number of aryl methyl sites for hydroxylation is 1. The second-order valence-corrected chi connectivity index (χ2v) is 7.83. The molecule has 1 aliphatic rings. The second-order valence-electron chi connectivity index (χ2n) is 6.38. The number of benzene rings is 1. The van der Waals surface area contributed by atoms with Crippen LogP contribution in [-0.2, 0) is 9.59 Å². The monoisotopic (exact) mass is 349 g/mol. The van der Waals surface area contributed by atoms with Gasteiger partial charge in [0.2, 0.25) is 5.91 Å². The number of carbonyl (C=O) groups is 3. The summed E-state index contributed by atoms with van der Waals surface area (Å²) in [6, 6.07) is 7.22. The molecule has 0 bridgehead atoms. The Morgan fingerprint density at radius 2 is 1.92 bits per heavy atom. The Morgan fingerprint density at radius 3 is 2.46 bits per heavy atom. The van der Waals surface area contributed by atoms with E-state index in [9.17, 15) is 14.4 Å². The number of nitrogens with one attached hydrogen (secondary N) is 2. The average molecular weight is 349 g/mol. The Balaban J connectivity index is 1.79. The summed E-state index contributed by atoms with van der Waals surface area (Å²) in [6.07, 6.45) is 0. The standard InChI is InChI=1S/C17H23N3O3S/c1-11-5-7-13(8-6-11)18-14(21)12(2)24-10-9-20-15(22)17(3,4)19-16(20)23/h5-8,12H,9-10H2,1-4H3,(H,18,21)(H,19,23). The van der Waals surface area contributed by atoms with Gasteiger partial charge < -0.3 is 10.6 Å². The van der Waals surface area contributed by atoms with Crippen molar-refractivity contribution in [2.75, 3.05) is 17.6 Å². The number of urea groups is 1. The maximum atomic E-state index is 12.2. The predicted octanol–water partition coefficient (Wildman–Crippen LogP) is 2.39. The zero-order valence-corrected chi connectivity index (χ0v) is 15.2. The zero-order chi connectivity index (χ0) is 17.9. The molecule has 1 saturated heterocycles. The van der Waals surface area contributed by atoms with Crippen LogP contribution >= 0.6 is 11.8 Å². The maximum Gasteiger partial charge on any atom is 0.325 e. The third-order valence-electron chi connectivity index (χ3n) is 3.82. The van der Waals surface area contributed by atoms with Crippen molar-refractivity contribution >= 4 is 35.3 Å². The Morgan fingerprint density at radius 1 is 1.29 bits per heavy atom. The minimum absolute atomic E-state index is 0.0959. The fourth-order valence-electron chi connectivity index (χ4n) is 2.30. The normalized spacial score (nSPS) is 17.6. The van der Waals surface area contributed by atoms with Crippen LogP contribution in [0.2, 0.25) is 0 Å². The van der Waals surface area contributed by atoms with Crippen LogP contribution in [0.4, 0.5) is 10.5 Å². The number of hydrogen-bond donors (Lipinski definition) is 2. The number of imide groups is 1. The van der Waals surface area contributed by atoms with Crippen LogP contribution in [0, 0.1) is 6.92 Å². The highest BCUT2D eigenvalue weighted by molar-refractivity contribution is 8.00. The van der Waals surface area contributed by atoms with E-state index in [4.69, 9.17) is 0 Å². The first-order chi connectivity index (χ1) is 11.2. The number of carbonyl (C=O) groups excluding carboxylic acids is 3. The minimum atomic E-state index is -0.851. The number of anilines is 1. The van der Waals surface area contributed by atoms with E-state index in [1.54, 1.807) is 13.8 Å². The number of amides is 4. The number of nitrogens with zero attached hydrogens (tertiary/aromatic N) is 1. The SMILES string of the molecule is Cc1ccc(NC(=O)C(C)SCCN2C(=O)NC(C)(C)C2=O)cc1. The van der Waals surface area contributed by atoms with Gasteiger partial charge in [0.05, 0.1) is 5.25 Å². The Kier molecular flexibility index (Phi) is 5.54. The van der Waals surface area contributed by atoms with Gasteiger partial charge in [0.25, 0.3) is 5.91 Å². The van der Waals surface area contributed by atoms with Crippen molar-refractivity contribution in [3.05, 3.63) is 29.8 Å². The summed E-state index contributed by atoms with van der Waals surface area (Å²) in [7, 11) is 0. The van der Waals surface area contributed by atoms with Crippen molar-refractivity contribution in [2.45, 2.75) is 38.5 Å². The lowest BCUT2D eigenvalue weighted by molar-refractivity contribution is -0.130. The zero-order valence-electron chi connectivity index (χ0n) is 14.4. The molecule has 1 heterocycles. The van der Waals surface area contributed by atoms with Gasteiger partial charge in [0.1, 0.15) is 5.54 Å². The fraction of sp³-hybridized carbons (Fsp3) is 0.471. The molecule has 1 atom stereocenters. The molecular formula is C17H23N3O3S. The third-order valence-corrected chi connectivity index (χ3v) is 4.95. The lowest BCUT2D eigenvalue weighted by Gasteiger charge is -2.17. The van der Waals surface area contributed by atoms with Crippen molar-refractivity contribution in [1.82, 2.24) is 10.2 Å². The molecule has 24 heavy (non-hydrogen) atoms. The highest BCUT2D eigenvalue weighted by Crippen LogP contribution is 2.19. The van der Waals surface area contributed by atoms with Crippen LogP contribution in [0.5, 0.6) is 0 Å². The van der Waals surface area contributed by atoms with Crippen LogP contribution in [0.25, 0.3) is 0 Å². The number of hydrogen-bond acceptors (Lipinski definition) is 4. The summed E-state index contributed by atoms with van der Waals surface area (Å²) in [4.78, 5) is 37.2. The van der Waals surface area contributed by atoms with Crippen molar-refractivity contribution < 1.29 is 14.4 Å². The quantitative estimate of drug-likeness (QED) is 0.773. The van der Waals surface area contributed by atoms with Gasteiger partial charge in [-0.25, -0.2) is 4.79 Å². The smallest absolute Gasteiger partial charge is 0.325 e. The van der Waals surface area contributed by atoms with Crippen molar-refractivity contribution in [3.63, 3.8) is 0 Å². The van der Waals surface area contributed by atoms with E-state index in [0.29, 0.717) is 12.3 Å². The molecule has 2 N–H and O–H groups in total. The average Bonchev–Trinajstić information content (AvgIpc) is 2.71. The highest BCUT2D eigenvalue weighted by Gasteiger charge is 2.43.